The van der Waals surface area contributed by atoms with Crippen molar-refractivity contribution < 1.29 is 23.7 Å². The molecule has 0 radical (unpaired) electrons. The van der Waals surface area contributed by atoms with Gasteiger partial charge in [0.15, 0.2) is 23.0 Å². The molecule has 0 saturated carbocycles. The second-order valence-corrected chi connectivity index (χ2v) is 8.96. The number of halogens is 1. The topological polar surface area (TPSA) is 66.0 Å². The largest absolute Gasteiger partial charge is 0.454 e. The van der Waals surface area contributed by atoms with E-state index in [0.29, 0.717) is 34.2 Å². The number of ether oxygens (including phenoxy) is 4. The molecule has 0 fully saturated rings. The van der Waals surface area contributed by atoms with Gasteiger partial charge in [0.25, 0.3) is 5.91 Å². The summed E-state index contributed by atoms with van der Waals surface area (Å²) in [4.78, 5) is 13.3. The smallest absolute Gasteiger partial charge is 0.260 e. The number of rotatable bonds is 4. The lowest BCUT2D eigenvalue weighted by atomic mass is 9.96. The Morgan fingerprint density at radius 3 is 2.36 bits per heavy atom. The van der Waals surface area contributed by atoms with E-state index >= 15 is 0 Å². The van der Waals surface area contributed by atoms with E-state index < -0.39 is 0 Å². The monoisotopic (exact) mass is 551 g/mol. The number of anilines is 1. The van der Waals surface area contributed by atoms with Gasteiger partial charge in [0, 0.05) is 14.6 Å². The molecule has 2 heterocycles. The van der Waals surface area contributed by atoms with Crippen LogP contribution < -0.4 is 24.3 Å². The van der Waals surface area contributed by atoms with Crippen LogP contribution in [0.2, 0.25) is 0 Å². The predicted molar refractivity (Wildman–Crippen MR) is 133 cm³/mol. The molecule has 6 nitrogen and oxygen atoms in total. The third-order valence-electron chi connectivity index (χ3n) is 5.80. The Hall–Kier alpha value is -3.46. The highest BCUT2D eigenvalue weighted by Gasteiger charge is 2.26. The molecule has 0 aromatic heterocycles. The van der Waals surface area contributed by atoms with Crippen molar-refractivity contribution >= 4 is 45.0 Å². The minimum absolute atomic E-state index is 0.107. The molecule has 4 aromatic carbocycles. The van der Waals surface area contributed by atoms with Crippen LogP contribution in [-0.2, 0) is 6.42 Å². The van der Waals surface area contributed by atoms with Crippen molar-refractivity contribution in [2.45, 2.75) is 6.42 Å². The lowest BCUT2D eigenvalue weighted by Gasteiger charge is -2.15. The second-order valence-electron chi connectivity index (χ2n) is 7.80. The van der Waals surface area contributed by atoms with E-state index in [9.17, 15) is 4.79 Å². The highest BCUT2D eigenvalue weighted by molar-refractivity contribution is 14.1. The van der Waals surface area contributed by atoms with Crippen LogP contribution in [0.1, 0.15) is 21.5 Å². The summed E-state index contributed by atoms with van der Waals surface area (Å²) in [6.07, 6.45) is 0.764. The summed E-state index contributed by atoms with van der Waals surface area (Å²) < 4.78 is 23.1. The average molecular weight is 551 g/mol. The van der Waals surface area contributed by atoms with Crippen molar-refractivity contribution in [3.8, 4) is 23.0 Å². The van der Waals surface area contributed by atoms with Crippen molar-refractivity contribution in [3.05, 3.63) is 87.0 Å². The molecule has 0 unspecified atom stereocenters. The Morgan fingerprint density at radius 2 is 1.55 bits per heavy atom. The van der Waals surface area contributed by atoms with Crippen molar-refractivity contribution in [2.24, 2.45) is 0 Å². The third kappa shape index (κ3) is 3.62. The molecule has 0 saturated heterocycles. The molecule has 33 heavy (non-hydrogen) atoms. The zero-order valence-electron chi connectivity index (χ0n) is 17.4. The van der Waals surface area contributed by atoms with Gasteiger partial charge in [-0.1, -0.05) is 36.4 Å². The van der Waals surface area contributed by atoms with Gasteiger partial charge in [-0.3, -0.25) is 4.79 Å². The van der Waals surface area contributed by atoms with E-state index in [1.807, 2.05) is 54.6 Å². The Morgan fingerprint density at radius 1 is 0.818 bits per heavy atom. The van der Waals surface area contributed by atoms with Gasteiger partial charge in [0.05, 0.1) is 5.56 Å². The fourth-order valence-electron chi connectivity index (χ4n) is 4.22. The number of amides is 1. The Kier molecular flexibility index (Phi) is 4.98. The van der Waals surface area contributed by atoms with Crippen molar-refractivity contribution in [1.82, 2.24) is 0 Å². The lowest BCUT2D eigenvalue weighted by molar-refractivity contribution is 0.102. The molecule has 164 valence electrons. The van der Waals surface area contributed by atoms with Crippen LogP contribution in [0.25, 0.3) is 10.8 Å². The minimum atomic E-state index is -0.253. The molecule has 0 atom stereocenters. The molecule has 7 heteroatoms. The van der Waals surface area contributed by atoms with E-state index in [1.165, 1.54) is 5.56 Å². The highest BCUT2D eigenvalue weighted by atomic mass is 127. The first-order valence-corrected chi connectivity index (χ1v) is 11.5. The molecule has 4 aromatic rings. The second kappa shape index (κ2) is 8.15. The zero-order chi connectivity index (χ0) is 22.4. The van der Waals surface area contributed by atoms with Crippen LogP contribution in [0.5, 0.6) is 23.0 Å². The predicted octanol–water partition coefficient (Wildman–Crippen LogP) is 5.74. The normalized spacial score (nSPS) is 13.4. The number of carbonyl (C=O) groups excluding carboxylic acids is 1. The molecule has 6 rings (SSSR count). The lowest BCUT2D eigenvalue weighted by Crippen LogP contribution is -2.15. The number of nitrogens with one attached hydrogen (secondary N) is 1. The number of carbonyl (C=O) groups is 1. The van der Waals surface area contributed by atoms with Crippen molar-refractivity contribution in [2.75, 3.05) is 18.9 Å². The Balaban J connectivity index is 1.43. The van der Waals surface area contributed by atoms with Gasteiger partial charge >= 0.3 is 0 Å². The molecular formula is C26H18INO5. The van der Waals surface area contributed by atoms with Gasteiger partial charge in [-0.05, 0) is 75.9 Å². The summed E-state index contributed by atoms with van der Waals surface area (Å²) in [5.41, 5.74) is 3.50. The van der Waals surface area contributed by atoms with Crippen LogP contribution in [0.4, 0.5) is 5.69 Å². The maximum absolute atomic E-state index is 13.3. The molecule has 1 amide bonds. The standard InChI is InChI=1S/C26H18INO5/c27-19-7-9-21-25(33-14-30-21)24(19)26(29)28-20-8-6-16(10-15-4-2-1-3-5-15)17-11-22-23(12-18(17)20)32-13-31-22/h1-9,11-12H,10,13-14H2,(H,28,29). The summed E-state index contributed by atoms with van der Waals surface area (Å²) in [5, 5.41) is 4.98. The fourth-order valence-corrected chi connectivity index (χ4v) is 4.89. The van der Waals surface area contributed by atoms with Gasteiger partial charge < -0.3 is 24.3 Å². The summed E-state index contributed by atoms with van der Waals surface area (Å²) in [6.45, 7) is 0.295. The van der Waals surface area contributed by atoms with Crippen molar-refractivity contribution in [1.29, 1.82) is 0 Å². The van der Waals surface area contributed by atoms with Gasteiger partial charge in [-0.15, -0.1) is 0 Å². The van der Waals surface area contributed by atoms with E-state index in [2.05, 4.69) is 40.0 Å². The molecule has 1 N–H and O–H groups in total. The summed E-state index contributed by atoms with van der Waals surface area (Å²) in [6, 6.07) is 21.9. The first-order valence-electron chi connectivity index (χ1n) is 10.5. The third-order valence-corrected chi connectivity index (χ3v) is 6.70. The summed E-state index contributed by atoms with van der Waals surface area (Å²) in [7, 11) is 0. The first kappa shape index (κ1) is 20.2. The van der Waals surface area contributed by atoms with Gasteiger partial charge in [-0.25, -0.2) is 0 Å². The van der Waals surface area contributed by atoms with E-state index in [1.54, 1.807) is 0 Å². The Bertz CT molecular complexity index is 1400. The molecule has 2 aliphatic heterocycles. The zero-order valence-corrected chi connectivity index (χ0v) is 19.5. The molecular weight excluding hydrogens is 533 g/mol. The minimum Gasteiger partial charge on any atom is -0.454 e. The number of fused-ring (bicyclic) bond motifs is 3. The van der Waals surface area contributed by atoms with Crippen LogP contribution >= 0.6 is 22.6 Å². The van der Waals surface area contributed by atoms with Crippen molar-refractivity contribution in [3.63, 3.8) is 0 Å². The summed E-state index contributed by atoms with van der Waals surface area (Å²) >= 11 is 2.14. The molecule has 0 aliphatic carbocycles. The van der Waals surface area contributed by atoms with Gasteiger partial charge in [-0.2, -0.15) is 0 Å². The number of benzene rings is 4. The highest BCUT2D eigenvalue weighted by Crippen LogP contribution is 2.42. The Labute approximate surface area is 203 Å². The average Bonchev–Trinajstić information content (AvgIpc) is 3.49. The maximum atomic E-state index is 13.3. The molecule has 0 bridgehead atoms. The number of hydrogen-bond acceptors (Lipinski definition) is 5. The van der Waals surface area contributed by atoms with E-state index in [0.717, 1.165) is 26.3 Å². The maximum Gasteiger partial charge on any atom is 0.260 e. The van der Waals surface area contributed by atoms with E-state index in [4.69, 9.17) is 18.9 Å². The van der Waals surface area contributed by atoms with Gasteiger partial charge in [0.2, 0.25) is 13.6 Å². The fraction of sp³-hybridized carbons (Fsp3) is 0.115. The quantitative estimate of drug-likeness (QED) is 0.328. The molecule has 0 spiro atoms. The van der Waals surface area contributed by atoms with Crippen LogP contribution in [0.15, 0.2) is 66.7 Å². The summed E-state index contributed by atoms with van der Waals surface area (Å²) in [5.74, 6) is 2.17. The van der Waals surface area contributed by atoms with Crippen LogP contribution in [0, 0.1) is 3.57 Å². The van der Waals surface area contributed by atoms with Crippen LogP contribution in [0.3, 0.4) is 0 Å². The molecule has 2 aliphatic rings. The van der Waals surface area contributed by atoms with E-state index in [-0.39, 0.29) is 19.5 Å². The SMILES string of the molecule is O=C(Nc1ccc(Cc2ccccc2)c2cc3c(cc12)OCO3)c1c(I)ccc2c1OCO2. The van der Waals surface area contributed by atoms with Crippen LogP contribution in [-0.4, -0.2) is 19.5 Å². The first-order chi connectivity index (χ1) is 16.2. The number of hydrogen-bond donors (Lipinski definition) is 1. The van der Waals surface area contributed by atoms with Gasteiger partial charge in [0.1, 0.15) is 0 Å².